The molecule has 18 heavy (non-hydrogen) atoms. The van der Waals surface area contributed by atoms with Crippen molar-refractivity contribution in [1.29, 1.82) is 0 Å². The Kier molecular flexibility index (Phi) is 5.03. The van der Waals surface area contributed by atoms with E-state index in [2.05, 4.69) is 31.3 Å². The van der Waals surface area contributed by atoms with Crippen LogP contribution in [-0.4, -0.2) is 11.0 Å². The molecule has 2 rings (SSSR count). The SMILES string of the molecule is CCCCC(CCC)Nc1ccc2c(n1)CCC2. The first-order valence-electron chi connectivity index (χ1n) is 7.58. The normalized spacial score (nSPS) is 15.4. The summed E-state index contributed by atoms with van der Waals surface area (Å²) in [7, 11) is 0. The molecule has 1 heterocycles. The third kappa shape index (κ3) is 3.47. The van der Waals surface area contributed by atoms with E-state index in [9.17, 15) is 0 Å². The molecule has 1 N–H and O–H groups in total. The van der Waals surface area contributed by atoms with Gasteiger partial charge in [-0.25, -0.2) is 4.98 Å². The van der Waals surface area contributed by atoms with Gasteiger partial charge in [-0.05, 0) is 43.7 Å². The number of pyridine rings is 1. The molecular weight excluding hydrogens is 220 g/mol. The number of nitrogens with zero attached hydrogens (tertiary/aromatic N) is 1. The molecule has 0 saturated carbocycles. The zero-order valence-electron chi connectivity index (χ0n) is 11.8. The van der Waals surface area contributed by atoms with E-state index in [1.807, 2.05) is 0 Å². The zero-order valence-corrected chi connectivity index (χ0v) is 11.8. The number of anilines is 1. The Hall–Kier alpha value is -1.05. The lowest BCUT2D eigenvalue weighted by Crippen LogP contribution is -2.20. The zero-order chi connectivity index (χ0) is 12.8. The van der Waals surface area contributed by atoms with Gasteiger partial charge in [0.25, 0.3) is 0 Å². The minimum absolute atomic E-state index is 0.599. The summed E-state index contributed by atoms with van der Waals surface area (Å²) in [5.74, 6) is 1.09. The molecule has 2 nitrogen and oxygen atoms in total. The van der Waals surface area contributed by atoms with Crippen LogP contribution in [0.5, 0.6) is 0 Å². The first kappa shape index (κ1) is 13.4. The number of aromatic nitrogens is 1. The summed E-state index contributed by atoms with van der Waals surface area (Å²) in [5.41, 5.74) is 2.78. The molecule has 1 aliphatic carbocycles. The highest BCUT2D eigenvalue weighted by Gasteiger charge is 2.14. The molecule has 2 heteroatoms. The van der Waals surface area contributed by atoms with Crippen molar-refractivity contribution in [1.82, 2.24) is 4.98 Å². The van der Waals surface area contributed by atoms with Gasteiger partial charge < -0.3 is 5.32 Å². The van der Waals surface area contributed by atoms with E-state index in [-0.39, 0.29) is 0 Å². The van der Waals surface area contributed by atoms with Crippen LogP contribution in [0.15, 0.2) is 12.1 Å². The maximum absolute atomic E-state index is 4.77. The minimum Gasteiger partial charge on any atom is -0.367 e. The fourth-order valence-corrected chi connectivity index (χ4v) is 2.80. The second kappa shape index (κ2) is 6.77. The topological polar surface area (TPSA) is 24.9 Å². The molecule has 1 aromatic heterocycles. The standard InChI is InChI=1S/C16H26N2/c1-3-5-9-14(7-4-2)17-16-12-11-13-8-6-10-15(13)18-16/h11-12,14H,3-10H2,1-2H3,(H,17,18). The molecule has 0 bridgehead atoms. The molecule has 1 aliphatic rings. The molecule has 1 aromatic rings. The second-order valence-electron chi connectivity index (χ2n) is 5.43. The lowest BCUT2D eigenvalue weighted by molar-refractivity contribution is 0.562. The molecular formula is C16H26N2. The third-order valence-corrected chi connectivity index (χ3v) is 3.82. The van der Waals surface area contributed by atoms with Gasteiger partial charge in [0, 0.05) is 11.7 Å². The van der Waals surface area contributed by atoms with Gasteiger partial charge in [-0.2, -0.15) is 0 Å². The van der Waals surface area contributed by atoms with Crippen LogP contribution in [0.4, 0.5) is 5.82 Å². The smallest absolute Gasteiger partial charge is 0.126 e. The van der Waals surface area contributed by atoms with E-state index < -0.39 is 0 Å². The summed E-state index contributed by atoms with van der Waals surface area (Å²) in [6, 6.07) is 5.03. The van der Waals surface area contributed by atoms with Gasteiger partial charge in [-0.15, -0.1) is 0 Å². The Morgan fingerprint density at radius 2 is 2.06 bits per heavy atom. The van der Waals surface area contributed by atoms with E-state index >= 15 is 0 Å². The summed E-state index contributed by atoms with van der Waals surface area (Å²) in [5, 5.41) is 3.63. The van der Waals surface area contributed by atoms with Crippen LogP contribution in [0.3, 0.4) is 0 Å². The van der Waals surface area contributed by atoms with Crippen LogP contribution < -0.4 is 5.32 Å². The van der Waals surface area contributed by atoms with Gasteiger partial charge in [0.2, 0.25) is 0 Å². The van der Waals surface area contributed by atoms with Crippen molar-refractivity contribution in [2.24, 2.45) is 0 Å². The Labute approximate surface area is 111 Å². The predicted molar refractivity (Wildman–Crippen MR) is 78.1 cm³/mol. The molecule has 0 fully saturated rings. The molecule has 0 spiro atoms. The summed E-state index contributed by atoms with van der Waals surface area (Å²) in [6.45, 7) is 4.52. The Balaban J connectivity index is 1.97. The summed E-state index contributed by atoms with van der Waals surface area (Å²) >= 11 is 0. The van der Waals surface area contributed by atoms with E-state index in [4.69, 9.17) is 4.98 Å². The van der Waals surface area contributed by atoms with Crippen molar-refractivity contribution in [2.45, 2.75) is 71.3 Å². The first-order chi connectivity index (χ1) is 8.83. The summed E-state index contributed by atoms with van der Waals surface area (Å²) < 4.78 is 0. The lowest BCUT2D eigenvalue weighted by atomic mass is 10.1. The van der Waals surface area contributed by atoms with E-state index in [0.29, 0.717) is 6.04 Å². The molecule has 0 saturated heterocycles. The highest BCUT2D eigenvalue weighted by Crippen LogP contribution is 2.22. The summed E-state index contributed by atoms with van der Waals surface area (Å²) in [6.07, 6.45) is 10.0. The Morgan fingerprint density at radius 3 is 2.83 bits per heavy atom. The van der Waals surface area contributed by atoms with Crippen molar-refractivity contribution in [3.8, 4) is 0 Å². The Morgan fingerprint density at radius 1 is 1.17 bits per heavy atom. The van der Waals surface area contributed by atoms with E-state index in [0.717, 1.165) is 12.2 Å². The van der Waals surface area contributed by atoms with Gasteiger partial charge >= 0.3 is 0 Å². The van der Waals surface area contributed by atoms with E-state index in [1.165, 1.54) is 56.2 Å². The average Bonchev–Trinajstić information content (AvgIpc) is 2.83. The van der Waals surface area contributed by atoms with Crippen LogP contribution in [0.1, 0.15) is 63.6 Å². The highest BCUT2D eigenvalue weighted by molar-refractivity contribution is 5.41. The Bertz CT molecular complexity index is 373. The van der Waals surface area contributed by atoms with Crippen LogP contribution in [-0.2, 0) is 12.8 Å². The largest absolute Gasteiger partial charge is 0.367 e. The molecule has 0 amide bonds. The number of unbranched alkanes of at least 4 members (excludes halogenated alkanes) is 1. The maximum atomic E-state index is 4.77. The maximum Gasteiger partial charge on any atom is 0.126 e. The summed E-state index contributed by atoms with van der Waals surface area (Å²) in [4.78, 5) is 4.77. The highest BCUT2D eigenvalue weighted by atomic mass is 15.0. The van der Waals surface area contributed by atoms with Crippen LogP contribution in [0, 0.1) is 0 Å². The van der Waals surface area contributed by atoms with Crippen molar-refractivity contribution in [3.63, 3.8) is 0 Å². The van der Waals surface area contributed by atoms with Gasteiger partial charge in [0.1, 0.15) is 5.82 Å². The van der Waals surface area contributed by atoms with Gasteiger partial charge in [-0.3, -0.25) is 0 Å². The number of nitrogens with one attached hydrogen (secondary N) is 1. The lowest BCUT2D eigenvalue weighted by Gasteiger charge is -2.19. The molecule has 0 aliphatic heterocycles. The molecule has 1 unspecified atom stereocenters. The number of aryl methyl sites for hydroxylation is 2. The van der Waals surface area contributed by atoms with E-state index in [1.54, 1.807) is 0 Å². The fourth-order valence-electron chi connectivity index (χ4n) is 2.80. The number of hydrogen-bond donors (Lipinski definition) is 1. The molecule has 100 valence electrons. The van der Waals surface area contributed by atoms with Crippen LogP contribution >= 0.6 is 0 Å². The van der Waals surface area contributed by atoms with Crippen LogP contribution in [0.25, 0.3) is 0 Å². The predicted octanol–water partition coefficient (Wildman–Crippen LogP) is 4.34. The van der Waals surface area contributed by atoms with Crippen molar-refractivity contribution < 1.29 is 0 Å². The number of rotatable bonds is 7. The fraction of sp³-hybridized carbons (Fsp3) is 0.688. The minimum atomic E-state index is 0.599. The van der Waals surface area contributed by atoms with Gasteiger partial charge in [0.05, 0.1) is 0 Å². The van der Waals surface area contributed by atoms with Crippen molar-refractivity contribution in [2.75, 3.05) is 5.32 Å². The first-order valence-corrected chi connectivity index (χ1v) is 7.58. The second-order valence-corrected chi connectivity index (χ2v) is 5.43. The number of hydrogen-bond acceptors (Lipinski definition) is 2. The number of fused-ring (bicyclic) bond motifs is 1. The van der Waals surface area contributed by atoms with Crippen LogP contribution in [0.2, 0.25) is 0 Å². The van der Waals surface area contributed by atoms with Gasteiger partial charge in [0.15, 0.2) is 0 Å². The average molecular weight is 246 g/mol. The van der Waals surface area contributed by atoms with Crippen molar-refractivity contribution >= 4 is 5.82 Å². The molecule has 0 radical (unpaired) electrons. The molecule has 0 aromatic carbocycles. The molecule has 1 atom stereocenters. The quantitative estimate of drug-likeness (QED) is 0.774. The monoisotopic (exact) mass is 246 g/mol. The van der Waals surface area contributed by atoms with Gasteiger partial charge in [-0.1, -0.05) is 39.2 Å². The van der Waals surface area contributed by atoms with Crippen molar-refractivity contribution in [3.05, 3.63) is 23.4 Å². The third-order valence-electron chi connectivity index (χ3n) is 3.82.